The lowest BCUT2D eigenvalue weighted by Gasteiger charge is -2.39. The summed E-state index contributed by atoms with van der Waals surface area (Å²) < 4.78 is 37.1. The summed E-state index contributed by atoms with van der Waals surface area (Å²) in [4.78, 5) is 46.4. The van der Waals surface area contributed by atoms with Gasteiger partial charge in [0.2, 0.25) is 17.7 Å². The van der Waals surface area contributed by atoms with Crippen LogP contribution < -0.4 is 22.1 Å². The van der Waals surface area contributed by atoms with E-state index in [0.29, 0.717) is 57.2 Å². The van der Waals surface area contributed by atoms with E-state index in [9.17, 15) is 37.6 Å². The third-order valence-electron chi connectivity index (χ3n) is 8.64. The van der Waals surface area contributed by atoms with E-state index in [2.05, 4.69) is 15.6 Å². The van der Waals surface area contributed by atoms with Gasteiger partial charge in [0.1, 0.15) is 23.9 Å². The Bertz CT molecular complexity index is 1380. The molecule has 1 aromatic carbocycles. The van der Waals surface area contributed by atoms with E-state index in [1.165, 1.54) is 23.1 Å². The monoisotopic (exact) mass is 688 g/mol. The van der Waals surface area contributed by atoms with Crippen LogP contribution in [0.4, 0.5) is 0 Å². The predicted molar refractivity (Wildman–Crippen MR) is 170 cm³/mol. The highest BCUT2D eigenvalue weighted by atomic mass is 35.5. The van der Waals surface area contributed by atoms with Crippen LogP contribution in [-0.2, 0) is 35.4 Å². The van der Waals surface area contributed by atoms with Crippen molar-refractivity contribution in [1.82, 2.24) is 15.5 Å². The van der Waals surface area contributed by atoms with Crippen molar-refractivity contribution in [3.05, 3.63) is 28.8 Å². The zero-order chi connectivity index (χ0) is 34.2. The van der Waals surface area contributed by atoms with Crippen molar-refractivity contribution in [3.8, 4) is 5.75 Å². The number of carbonyl (C=O) groups is 3. The average molecular weight is 689 g/mol. The van der Waals surface area contributed by atoms with Gasteiger partial charge >= 0.3 is 10.4 Å². The number of hydrogen-bond acceptors (Lipinski definition) is 9. The second-order valence-electron chi connectivity index (χ2n) is 12.0. The third kappa shape index (κ3) is 10.4. The smallest absolute Gasteiger partial charge is 0.397 e. The van der Waals surface area contributed by atoms with Crippen molar-refractivity contribution >= 4 is 45.7 Å². The summed E-state index contributed by atoms with van der Waals surface area (Å²) in [5.41, 5.74) is 11.2. The number of halogens is 1. The molecule has 5 unspecified atom stereocenters. The molecule has 0 aromatic heterocycles. The quantitative estimate of drug-likeness (QED) is 0.0582. The number of aromatic hydroxyl groups is 1. The number of nitrogens with two attached hydrogens (primary N) is 2. The molecule has 1 saturated heterocycles. The van der Waals surface area contributed by atoms with Gasteiger partial charge in [-0.2, -0.15) is 8.42 Å². The minimum Gasteiger partial charge on any atom is -0.506 e. The number of unbranched alkanes of at least 4 members (excludes halogenated alkanes) is 1. The summed E-state index contributed by atoms with van der Waals surface area (Å²) in [7, 11) is -4.75. The molecule has 9 N–H and O–H groups in total. The van der Waals surface area contributed by atoms with Gasteiger partial charge in [0, 0.05) is 25.6 Å². The summed E-state index contributed by atoms with van der Waals surface area (Å²) >= 11 is 5.96. The number of carbonyl (C=O) groups excluding carboxylic acids is 3. The Labute approximate surface area is 274 Å². The number of fused-ring (bicyclic) bond motifs is 1. The number of guanidine groups is 1. The van der Waals surface area contributed by atoms with Gasteiger partial charge in [-0.15, -0.1) is 0 Å². The molecule has 1 heterocycles. The maximum absolute atomic E-state index is 14.3. The maximum atomic E-state index is 14.3. The van der Waals surface area contributed by atoms with Crippen LogP contribution >= 0.6 is 11.6 Å². The predicted octanol–water partition coefficient (Wildman–Crippen LogP) is 0.607. The lowest BCUT2D eigenvalue weighted by atomic mass is 9.83. The maximum Gasteiger partial charge on any atom is 0.397 e. The number of aliphatic imine (C=N–C) groups is 1. The number of aliphatic hydroxyl groups is 1. The van der Waals surface area contributed by atoms with Gasteiger partial charge in [0.15, 0.2) is 5.96 Å². The molecule has 0 radical (unpaired) electrons. The topological polar surface area (TPSA) is 247 Å². The van der Waals surface area contributed by atoms with Crippen molar-refractivity contribution in [1.29, 1.82) is 0 Å². The van der Waals surface area contributed by atoms with Crippen molar-refractivity contribution in [3.63, 3.8) is 0 Å². The average Bonchev–Trinajstić information content (AvgIpc) is 3.36. The van der Waals surface area contributed by atoms with Gasteiger partial charge in [0.25, 0.3) is 0 Å². The minimum atomic E-state index is -4.75. The molecule has 3 amide bonds. The SMILES string of the molecule is CC[C@@H](C)[C@@H](NC(=O)C(O)Cc1ccc(O)c(Cl)c1)C(=O)N1C(C(=O)NCCCCN=C(N)N)CC2CCC(OS(=O)(=O)O)CC21. The Morgan fingerprint density at radius 2 is 1.91 bits per heavy atom. The second-order valence-corrected chi connectivity index (χ2v) is 13.4. The van der Waals surface area contributed by atoms with Crippen LogP contribution in [0.1, 0.15) is 64.4 Å². The normalized spacial score (nSPS) is 23.1. The summed E-state index contributed by atoms with van der Waals surface area (Å²) in [5.74, 6) is -2.47. The first kappa shape index (κ1) is 37.3. The molecule has 46 heavy (non-hydrogen) atoms. The van der Waals surface area contributed by atoms with E-state index in [4.69, 9.17) is 27.3 Å². The van der Waals surface area contributed by atoms with Crippen molar-refractivity contribution in [2.45, 2.75) is 95.5 Å². The van der Waals surface area contributed by atoms with Gasteiger partial charge < -0.3 is 37.2 Å². The fraction of sp³-hybridized carbons (Fsp3) is 0.655. The molecule has 2 fully saturated rings. The molecule has 17 heteroatoms. The second kappa shape index (κ2) is 16.6. The molecule has 2 aliphatic rings. The summed E-state index contributed by atoms with van der Waals surface area (Å²) in [5, 5.41) is 26.0. The van der Waals surface area contributed by atoms with Gasteiger partial charge in [-0.05, 0) is 68.1 Å². The lowest BCUT2D eigenvalue weighted by Crippen LogP contribution is -2.59. The Balaban J connectivity index is 1.82. The molecule has 7 atom stereocenters. The first-order valence-electron chi connectivity index (χ1n) is 15.4. The molecule has 15 nitrogen and oxygen atoms in total. The molecule has 258 valence electrons. The fourth-order valence-corrected chi connectivity index (χ4v) is 6.81. The number of rotatable bonds is 15. The number of aliphatic hydroxyl groups excluding tert-OH is 1. The van der Waals surface area contributed by atoms with E-state index in [1.807, 2.05) is 6.92 Å². The van der Waals surface area contributed by atoms with E-state index < -0.39 is 64.4 Å². The molecule has 3 rings (SSSR count). The highest BCUT2D eigenvalue weighted by Crippen LogP contribution is 2.42. The number of phenolic OH excluding ortho intramolecular Hbond substituents is 1. The standard InChI is InChI=1S/C29H45ClN6O9S/c1-3-16(2)25(35-27(40)24(38)13-17-6-9-23(37)20(30)12-17)28(41)36-21-15-19(45-46(42,43)44)8-7-18(21)14-22(36)26(39)33-10-4-5-11-34-29(31)32/h6,9,12,16,18-19,21-22,24-25,37-38H,3-5,7-8,10-11,13-15H2,1-2H3,(H,33,39)(H,35,40)(H4,31,32,34)(H,42,43,44)/t16-,18?,19?,21?,22?,24?,25-/m1/s1. The molecule has 0 spiro atoms. The molecule has 1 saturated carbocycles. The van der Waals surface area contributed by atoms with E-state index in [-0.39, 0.29) is 35.5 Å². The first-order valence-corrected chi connectivity index (χ1v) is 17.1. The van der Waals surface area contributed by atoms with E-state index in [0.717, 1.165) is 0 Å². The van der Waals surface area contributed by atoms with Crippen molar-refractivity contribution < 1.29 is 41.8 Å². The van der Waals surface area contributed by atoms with Gasteiger partial charge in [-0.3, -0.25) is 23.9 Å². The van der Waals surface area contributed by atoms with Crippen LogP contribution in [0.2, 0.25) is 5.02 Å². The van der Waals surface area contributed by atoms with Crippen molar-refractivity contribution in [2.75, 3.05) is 13.1 Å². The molecular formula is C29H45ClN6O9S. The van der Waals surface area contributed by atoms with Crippen LogP contribution in [0.25, 0.3) is 0 Å². The number of likely N-dealkylation sites (tertiary alicyclic amines) is 1. The van der Waals surface area contributed by atoms with Gasteiger partial charge in [-0.1, -0.05) is 37.9 Å². The third-order valence-corrected chi connectivity index (χ3v) is 9.46. The van der Waals surface area contributed by atoms with Crippen LogP contribution in [0.3, 0.4) is 0 Å². The van der Waals surface area contributed by atoms with Gasteiger partial charge in [-0.25, -0.2) is 4.18 Å². The molecule has 0 bridgehead atoms. The van der Waals surface area contributed by atoms with Gasteiger partial charge in [0.05, 0.1) is 11.1 Å². The lowest BCUT2D eigenvalue weighted by molar-refractivity contribution is -0.146. The van der Waals surface area contributed by atoms with E-state index in [1.54, 1.807) is 6.92 Å². The fourth-order valence-electron chi connectivity index (χ4n) is 6.09. The number of nitrogens with one attached hydrogen (secondary N) is 2. The largest absolute Gasteiger partial charge is 0.506 e. The van der Waals surface area contributed by atoms with E-state index >= 15 is 0 Å². The number of amides is 3. The Hall–Kier alpha value is -3.18. The number of hydrogen-bond donors (Lipinski definition) is 7. The molecule has 1 aliphatic carbocycles. The molecular weight excluding hydrogens is 644 g/mol. The van der Waals surface area contributed by atoms with Crippen LogP contribution in [0, 0.1) is 11.8 Å². The Morgan fingerprint density at radius 3 is 2.54 bits per heavy atom. The summed E-state index contributed by atoms with van der Waals surface area (Å²) in [6.07, 6.45) is 0.220. The van der Waals surface area contributed by atoms with Crippen LogP contribution in [-0.4, -0.2) is 95.2 Å². The highest BCUT2D eigenvalue weighted by molar-refractivity contribution is 7.80. The zero-order valence-electron chi connectivity index (χ0n) is 26.0. The van der Waals surface area contributed by atoms with Crippen LogP contribution in [0.15, 0.2) is 23.2 Å². The summed E-state index contributed by atoms with van der Waals surface area (Å²) in [6, 6.07) is 1.66. The number of benzene rings is 1. The Morgan fingerprint density at radius 1 is 1.20 bits per heavy atom. The van der Waals surface area contributed by atoms with Crippen molar-refractivity contribution in [2.24, 2.45) is 28.3 Å². The van der Waals surface area contributed by atoms with Crippen LogP contribution in [0.5, 0.6) is 5.75 Å². The summed E-state index contributed by atoms with van der Waals surface area (Å²) in [6.45, 7) is 4.30. The Kier molecular flexibility index (Phi) is 13.4. The number of phenols is 1. The minimum absolute atomic E-state index is 0.0248. The number of nitrogens with zero attached hydrogens (tertiary/aromatic N) is 2. The molecule has 1 aliphatic heterocycles. The molecule has 1 aromatic rings. The highest BCUT2D eigenvalue weighted by Gasteiger charge is 2.51. The first-order chi connectivity index (χ1) is 21.6. The zero-order valence-corrected chi connectivity index (χ0v) is 27.5.